The third kappa shape index (κ3) is 4.66. The number of thioether (sulfide) groups is 1. The molecule has 2 rings (SSSR count). The highest BCUT2D eigenvalue weighted by atomic mass is 35.5. The van der Waals surface area contributed by atoms with Crippen LogP contribution in [0.2, 0.25) is 10.0 Å². The number of halogens is 2. The molecule has 0 unspecified atom stereocenters. The first-order valence-electron chi connectivity index (χ1n) is 6.88. The van der Waals surface area contributed by atoms with Crippen LogP contribution in [0.1, 0.15) is 24.3 Å². The van der Waals surface area contributed by atoms with Gasteiger partial charge in [-0.15, -0.1) is 0 Å². The highest BCUT2D eigenvalue weighted by Gasteiger charge is 2.10. The van der Waals surface area contributed by atoms with E-state index in [1.807, 2.05) is 0 Å². The lowest BCUT2D eigenvalue weighted by molar-refractivity contribution is 0.0951. The monoisotopic (exact) mass is 357 g/mol. The van der Waals surface area contributed by atoms with E-state index in [-0.39, 0.29) is 5.91 Å². The normalized spacial score (nSPS) is 11.0. The van der Waals surface area contributed by atoms with Crippen molar-refractivity contribution >= 4 is 40.9 Å². The molecule has 4 nitrogen and oxygen atoms in total. The average molecular weight is 358 g/mol. The van der Waals surface area contributed by atoms with Crippen LogP contribution in [0, 0.1) is 0 Å². The number of amides is 1. The van der Waals surface area contributed by atoms with Crippen molar-refractivity contribution in [1.82, 2.24) is 15.1 Å². The Bertz CT molecular complexity index is 658. The fourth-order valence-electron chi connectivity index (χ4n) is 1.77. The van der Waals surface area contributed by atoms with Gasteiger partial charge < -0.3 is 5.32 Å². The molecule has 1 aromatic carbocycles. The van der Waals surface area contributed by atoms with Crippen molar-refractivity contribution in [3.63, 3.8) is 0 Å². The number of carbonyl (C=O) groups excluding carboxylic acids is 1. The van der Waals surface area contributed by atoms with Crippen molar-refractivity contribution in [2.24, 2.45) is 0 Å². The number of nitrogens with one attached hydrogen (secondary N) is 1. The second-order valence-corrected chi connectivity index (χ2v) is 7.42. The van der Waals surface area contributed by atoms with E-state index in [2.05, 4.69) is 24.3 Å². The molecule has 0 bridgehead atoms. The summed E-state index contributed by atoms with van der Waals surface area (Å²) < 4.78 is 1.60. The predicted molar refractivity (Wildman–Crippen MR) is 93.5 cm³/mol. The third-order valence-electron chi connectivity index (χ3n) is 2.83. The SMILES string of the molecule is CC(C)SCCNC(=O)c1ccn(-c2ccc(Cl)c(Cl)c2)n1. The van der Waals surface area contributed by atoms with Crippen molar-refractivity contribution in [3.05, 3.63) is 46.2 Å². The lowest BCUT2D eigenvalue weighted by Gasteiger charge is -2.06. The number of benzene rings is 1. The first-order chi connectivity index (χ1) is 10.5. The second-order valence-electron chi connectivity index (χ2n) is 4.92. The minimum atomic E-state index is -0.178. The Labute approximate surface area is 144 Å². The van der Waals surface area contributed by atoms with Crippen LogP contribution in [0.3, 0.4) is 0 Å². The smallest absolute Gasteiger partial charge is 0.271 e. The summed E-state index contributed by atoms with van der Waals surface area (Å²) in [5.41, 5.74) is 1.13. The van der Waals surface area contributed by atoms with Crippen LogP contribution in [0.25, 0.3) is 5.69 Å². The average Bonchev–Trinajstić information content (AvgIpc) is 2.96. The number of hydrogen-bond acceptors (Lipinski definition) is 3. The Morgan fingerprint density at radius 2 is 2.09 bits per heavy atom. The van der Waals surface area contributed by atoms with E-state index in [0.717, 1.165) is 11.4 Å². The molecule has 0 atom stereocenters. The molecule has 0 aliphatic rings. The number of rotatable bonds is 6. The molecule has 2 aromatic rings. The second kappa shape index (κ2) is 7.90. The van der Waals surface area contributed by atoms with Crippen molar-refractivity contribution < 1.29 is 4.79 Å². The molecule has 0 aliphatic carbocycles. The Hall–Kier alpha value is -1.17. The fraction of sp³-hybridized carbons (Fsp3) is 0.333. The maximum Gasteiger partial charge on any atom is 0.271 e. The van der Waals surface area contributed by atoms with E-state index >= 15 is 0 Å². The highest BCUT2D eigenvalue weighted by molar-refractivity contribution is 7.99. The van der Waals surface area contributed by atoms with E-state index in [4.69, 9.17) is 23.2 Å². The van der Waals surface area contributed by atoms with Gasteiger partial charge in [-0.3, -0.25) is 4.79 Å². The summed E-state index contributed by atoms with van der Waals surface area (Å²) in [5, 5.41) is 8.61. The van der Waals surface area contributed by atoms with Crippen molar-refractivity contribution in [1.29, 1.82) is 0 Å². The van der Waals surface area contributed by atoms with Crippen LogP contribution in [0.5, 0.6) is 0 Å². The van der Waals surface area contributed by atoms with E-state index in [1.165, 1.54) is 0 Å². The lowest BCUT2D eigenvalue weighted by Crippen LogP contribution is -2.26. The van der Waals surface area contributed by atoms with E-state index in [0.29, 0.717) is 27.5 Å². The Kier molecular flexibility index (Phi) is 6.17. The summed E-state index contributed by atoms with van der Waals surface area (Å²) in [6, 6.07) is 6.87. The van der Waals surface area contributed by atoms with Gasteiger partial charge in [0.15, 0.2) is 5.69 Å². The number of aromatic nitrogens is 2. The summed E-state index contributed by atoms with van der Waals surface area (Å²) in [4.78, 5) is 12.0. The molecule has 0 fully saturated rings. The molecule has 1 N–H and O–H groups in total. The number of hydrogen-bond donors (Lipinski definition) is 1. The zero-order chi connectivity index (χ0) is 16.1. The minimum absolute atomic E-state index is 0.178. The zero-order valence-electron chi connectivity index (χ0n) is 12.3. The van der Waals surface area contributed by atoms with Gasteiger partial charge in [0.05, 0.1) is 15.7 Å². The number of nitrogens with zero attached hydrogens (tertiary/aromatic N) is 2. The molecule has 1 heterocycles. The molecular formula is C15H17Cl2N3OS. The minimum Gasteiger partial charge on any atom is -0.350 e. The summed E-state index contributed by atoms with van der Waals surface area (Å²) in [6.07, 6.45) is 1.72. The standard InChI is InChI=1S/C15H17Cl2N3OS/c1-10(2)22-8-6-18-15(21)14-5-7-20(19-14)11-3-4-12(16)13(17)9-11/h3-5,7,9-10H,6,8H2,1-2H3,(H,18,21). The molecular weight excluding hydrogens is 341 g/mol. The third-order valence-corrected chi connectivity index (χ3v) is 4.67. The van der Waals surface area contributed by atoms with Gasteiger partial charge in [-0.1, -0.05) is 37.0 Å². The van der Waals surface area contributed by atoms with Crippen LogP contribution in [0.15, 0.2) is 30.5 Å². The molecule has 0 spiro atoms. The molecule has 1 aromatic heterocycles. The quantitative estimate of drug-likeness (QED) is 0.793. The fourth-order valence-corrected chi connectivity index (χ4v) is 2.75. The molecule has 1 amide bonds. The van der Waals surface area contributed by atoms with Crippen molar-refractivity contribution in [2.45, 2.75) is 19.1 Å². The van der Waals surface area contributed by atoms with Crippen molar-refractivity contribution in [2.75, 3.05) is 12.3 Å². The summed E-state index contributed by atoms with van der Waals surface area (Å²) in [5.74, 6) is 0.708. The predicted octanol–water partition coefficient (Wildman–Crippen LogP) is 4.05. The summed E-state index contributed by atoms with van der Waals surface area (Å²) in [6.45, 7) is 4.89. The largest absolute Gasteiger partial charge is 0.350 e. The van der Waals surface area contributed by atoms with Gasteiger partial charge in [-0.25, -0.2) is 4.68 Å². The van der Waals surface area contributed by atoms with Crippen LogP contribution in [-0.2, 0) is 0 Å². The van der Waals surface area contributed by atoms with Gasteiger partial charge in [-0.05, 0) is 29.5 Å². The zero-order valence-corrected chi connectivity index (χ0v) is 14.7. The Morgan fingerprint density at radius 3 is 2.77 bits per heavy atom. The Morgan fingerprint density at radius 1 is 1.32 bits per heavy atom. The van der Waals surface area contributed by atoms with Crippen molar-refractivity contribution in [3.8, 4) is 5.69 Å². The van der Waals surface area contributed by atoms with Gasteiger partial charge in [0.1, 0.15) is 0 Å². The number of carbonyl (C=O) groups is 1. The van der Waals surface area contributed by atoms with Gasteiger partial charge in [-0.2, -0.15) is 16.9 Å². The molecule has 0 aliphatic heterocycles. The van der Waals surface area contributed by atoms with Crippen LogP contribution >= 0.6 is 35.0 Å². The highest BCUT2D eigenvalue weighted by Crippen LogP contribution is 2.24. The first-order valence-corrected chi connectivity index (χ1v) is 8.68. The van der Waals surface area contributed by atoms with E-state index in [1.54, 1.807) is 46.9 Å². The molecule has 7 heteroatoms. The first kappa shape index (κ1) is 17.2. The lowest BCUT2D eigenvalue weighted by atomic mass is 10.3. The van der Waals surface area contributed by atoms with Crippen LogP contribution in [-0.4, -0.2) is 33.2 Å². The van der Waals surface area contributed by atoms with Crippen LogP contribution in [0.4, 0.5) is 0 Å². The van der Waals surface area contributed by atoms with Crippen LogP contribution < -0.4 is 5.32 Å². The molecule has 0 radical (unpaired) electrons. The summed E-state index contributed by atoms with van der Waals surface area (Å²) in [7, 11) is 0. The molecule has 118 valence electrons. The summed E-state index contributed by atoms with van der Waals surface area (Å²) >= 11 is 13.7. The maximum absolute atomic E-state index is 12.0. The van der Waals surface area contributed by atoms with E-state index in [9.17, 15) is 4.79 Å². The van der Waals surface area contributed by atoms with Gasteiger partial charge in [0.2, 0.25) is 0 Å². The van der Waals surface area contributed by atoms with Gasteiger partial charge >= 0.3 is 0 Å². The topological polar surface area (TPSA) is 46.9 Å². The molecule has 0 saturated carbocycles. The van der Waals surface area contributed by atoms with Gasteiger partial charge in [0, 0.05) is 18.5 Å². The maximum atomic E-state index is 12.0. The van der Waals surface area contributed by atoms with E-state index < -0.39 is 0 Å². The van der Waals surface area contributed by atoms with Gasteiger partial charge in [0.25, 0.3) is 5.91 Å². The Balaban J connectivity index is 1.98. The molecule has 22 heavy (non-hydrogen) atoms. The molecule has 0 saturated heterocycles.